The van der Waals surface area contributed by atoms with E-state index in [1.165, 1.54) is 0 Å². The van der Waals surface area contributed by atoms with Gasteiger partial charge in [0.15, 0.2) is 11.5 Å². The summed E-state index contributed by atoms with van der Waals surface area (Å²) in [4.78, 5) is 4.59. The highest BCUT2D eigenvalue weighted by molar-refractivity contribution is 7.92. The van der Waals surface area contributed by atoms with Crippen LogP contribution in [0.25, 0.3) is 11.1 Å². The van der Waals surface area contributed by atoms with Gasteiger partial charge in [-0.2, -0.15) is 0 Å². The summed E-state index contributed by atoms with van der Waals surface area (Å²) in [6, 6.07) is 11.8. The first kappa shape index (κ1) is 15.6. The molecule has 23 heavy (non-hydrogen) atoms. The second-order valence-corrected chi connectivity index (χ2v) is 7.14. The Hall–Kier alpha value is -2.34. The molecule has 120 valence electrons. The van der Waals surface area contributed by atoms with Gasteiger partial charge >= 0.3 is 0 Å². The maximum absolute atomic E-state index is 12.4. The number of rotatable bonds is 5. The Bertz CT molecular complexity index is 928. The average Bonchev–Trinajstić information content (AvgIpc) is 2.89. The topological polar surface area (TPSA) is 72.2 Å². The van der Waals surface area contributed by atoms with Crippen LogP contribution in [0.1, 0.15) is 24.8 Å². The molecular formula is C17H18N2O3S. The summed E-state index contributed by atoms with van der Waals surface area (Å²) < 4.78 is 33.0. The first-order chi connectivity index (χ1) is 11.0. The molecule has 2 aromatic carbocycles. The normalized spacial score (nSPS) is 11.7. The minimum Gasteiger partial charge on any atom is -0.441 e. The standard InChI is InChI=1S/C17H18N2O3S/c1-3-4-17-18-15-10-7-13(11-16(15)22-17)19-23(20,21)14-8-5-12(2)6-9-14/h5-11,19H,3-4H2,1-2H3. The number of aromatic nitrogens is 1. The van der Waals surface area contributed by atoms with Crippen molar-refractivity contribution in [2.24, 2.45) is 0 Å². The predicted molar refractivity (Wildman–Crippen MR) is 90.0 cm³/mol. The number of oxazole rings is 1. The maximum Gasteiger partial charge on any atom is 0.261 e. The molecule has 3 aromatic rings. The summed E-state index contributed by atoms with van der Waals surface area (Å²) in [5, 5.41) is 0. The van der Waals surface area contributed by atoms with Crippen molar-refractivity contribution < 1.29 is 12.8 Å². The van der Waals surface area contributed by atoms with Crippen LogP contribution in [-0.4, -0.2) is 13.4 Å². The van der Waals surface area contributed by atoms with Crippen molar-refractivity contribution in [1.82, 2.24) is 4.98 Å². The Morgan fingerprint density at radius 3 is 2.57 bits per heavy atom. The van der Waals surface area contributed by atoms with E-state index in [1.54, 1.807) is 42.5 Å². The third-order valence-electron chi connectivity index (χ3n) is 3.48. The van der Waals surface area contributed by atoms with Gasteiger partial charge in [-0.15, -0.1) is 0 Å². The molecule has 0 bridgehead atoms. The molecule has 0 unspecified atom stereocenters. The first-order valence-corrected chi connectivity index (χ1v) is 8.95. The maximum atomic E-state index is 12.4. The van der Waals surface area contributed by atoms with Gasteiger partial charge in [0, 0.05) is 12.5 Å². The number of sulfonamides is 1. The fourth-order valence-corrected chi connectivity index (χ4v) is 3.34. The SMILES string of the molecule is CCCc1nc2ccc(NS(=O)(=O)c3ccc(C)cc3)cc2o1. The zero-order chi connectivity index (χ0) is 16.4. The van der Waals surface area contributed by atoms with Crippen LogP contribution in [0, 0.1) is 6.92 Å². The van der Waals surface area contributed by atoms with Gasteiger partial charge in [0.05, 0.1) is 10.6 Å². The lowest BCUT2D eigenvalue weighted by Crippen LogP contribution is -2.12. The minimum atomic E-state index is -3.61. The van der Waals surface area contributed by atoms with Crippen molar-refractivity contribution >= 4 is 26.8 Å². The predicted octanol–water partition coefficient (Wildman–Crippen LogP) is 3.89. The third kappa shape index (κ3) is 3.37. The molecular weight excluding hydrogens is 312 g/mol. The van der Waals surface area contributed by atoms with Gasteiger partial charge in [-0.3, -0.25) is 4.72 Å². The van der Waals surface area contributed by atoms with Crippen LogP contribution in [0.15, 0.2) is 51.8 Å². The molecule has 1 aromatic heterocycles. The van der Waals surface area contributed by atoms with E-state index < -0.39 is 10.0 Å². The van der Waals surface area contributed by atoms with Crippen LogP contribution in [0.3, 0.4) is 0 Å². The van der Waals surface area contributed by atoms with E-state index >= 15 is 0 Å². The van der Waals surface area contributed by atoms with Gasteiger partial charge in [-0.25, -0.2) is 13.4 Å². The van der Waals surface area contributed by atoms with Crippen molar-refractivity contribution in [3.63, 3.8) is 0 Å². The van der Waals surface area contributed by atoms with Crippen LogP contribution in [0.5, 0.6) is 0 Å². The number of hydrogen-bond acceptors (Lipinski definition) is 4. The van der Waals surface area contributed by atoms with Crippen molar-refractivity contribution in [3.8, 4) is 0 Å². The van der Waals surface area contributed by atoms with Gasteiger partial charge in [-0.1, -0.05) is 24.6 Å². The van der Waals surface area contributed by atoms with E-state index in [4.69, 9.17) is 4.42 Å². The quantitative estimate of drug-likeness (QED) is 0.770. The van der Waals surface area contributed by atoms with Crippen LogP contribution in [0.4, 0.5) is 5.69 Å². The summed E-state index contributed by atoms with van der Waals surface area (Å²) >= 11 is 0. The molecule has 0 aliphatic rings. The molecule has 3 rings (SSSR count). The molecule has 5 nitrogen and oxygen atoms in total. The van der Waals surface area contributed by atoms with Gasteiger partial charge in [-0.05, 0) is 37.6 Å². The van der Waals surface area contributed by atoms with Gasteiger partial charge in [0.1, 0.15) is 5.52 Å². The van der Waals surface area contributed by atoms with Crippen LogP contribution >= 0.6 is 0 Å². The Morgan fingerprint density at radius 1 is 1.13 bits per heavy atom. The lowest BCUT2D eigenvalue weighted by Gasteiger charge is -2.08. The number of anilines is 1. The van der Waals surface area contributed by atoms with Crippen molar-refractivity contribution in [1.29, 1.82) is 0 Å². The molecule has 1 N–H and O–H groups in total. The molecule has 6 heteroatoms. The van der Waals surface area contributed by atoms with Crippen LogP contribution in [0.2, 0.25) is 0 Å². The highest BCUT2D eigenvalue weighted by Gasteiger charge is 2.15. The zero-order valence-electron chi connectivity index (χ0n) is 13.0. The Balaban J connectivity index is 1.89. The molecule has 1 heterocycles. The summed E-state index contributed by atoms with van der Waals surface area (Å²) in [6.07, 6.45) is 1.71. The highest BCUT2D eigenvalue weighted by Crippen LogP contribution is 2.23. The third-order valence-corrected chi connectivity index (χ3v) is 4.88. The van der Waals surface area contributed by atoms with E-state index in [1.807, 2.05) is 6.92 Å². The molecule has 0 aliphatic carbocycles. The average molecular weight is 330 g/mol. The summed E-state index contributed by atoms with van der Waals surface area (Å²) in [6.45, 7) is 3.96. The van der Waals surface area contributed by atoms with E-state index in [0.29, 0.717) is 17.2 Å². The van der Waals surface area contributed by atoms with Gasteiger partial charge in [0.2, 0.25) is 0 Å². The lowest BCUT2D eigenvalue weighted by atomic mass is 10.2. The van der Waals surface area contributed by atoms with Gasteiger partial charge in [0.25, 0.3) is 10.0 Å². The second-order valence-electron chi connectivity index (χ2n) is 5.46. The van der Waals surface area contributed by atoms with Crippen LogP contribution in [-0.2, 0) is 16.4 Å². The number of nitrogens with zero attached hydrogens (tertiary/aromatic N) is 1. The van der Waals surface area contributed by atoms with Gasteiger partial charge < -0.3 is 4.42 Å². The first-order valence-electron chi connectivity index (χ1n) is 7.47. The fraction of sp³-hybridized carbons (Fsp3) is 0.235. The van der Waals surface area contributed by atoms with E-state index in [0.717, 1.165) is 23.9 Å². The molecule has 0 radical (unpaired) electrons. The molecule has 0 spiro atoms. The Morgan fingerprint density at radius 2 is 1.87 bits per heavy atom. The minimum absolute atomic E-state index is 0.229. The highest BCUT2D eigenvalue weighted by atomic mass is 32.2. The summed E-state index contributed by atoms with van der Waals surface area (Å²) in [7, 11) is -3.61. The summed E-state index contributed by atoms with van der Waals surface area (Å²) in [5.74, 6) is 0.668. The number of aryl methyl sites for hydroxylation is 2. The Kier molecular flexibility index (Phi) is 4.09. The smallest absolute Gasteiger partial charge is 0.261 e. The molecule has 0 aliphatic heterocycles. The number of fused-ring (bicyclic) bond motifs is 1. The largest absolute Gasteiger partial charge is 0.441 e. The van der Waals surface area contributed by atoms with Crippen molar-refractivity contribution in [3.05, 3.63) is 53.9 Å². The number of nitrogens with one attached hydrogen (secondary N) is 1. The molecule has 0 saturated carbocycles. The van der Waals surface area contributed by atoms with Crippen LogP contribution < -0.4 is 4.72 Å². The molecule has 0 saturated heterocycles. The summed E-state index contributed by atoms with van der Waals surface area (Å²) in [5.41, 5.74) is 2.78. The lowest BCUT2D eigenvalue weighted by molar-refractivity contribution is 0.525. The number of benzene rings is 2. The fourth-order valence-electron chi connectivity index (χ4n) is 2.29. The molecule has 0 atom stereocenters. The molecule has 0 amide bonds. The zero-order valence-corrected chi connectivity index (χ0v) is 13.9. The van der Waals surface area contributed by atoms with E-state index in [2.05, 4.69) is 16.6 Å². The van der Waals surface area contributed by atoms with E-state index in [-0.39, 0.29) is 4.90 Å². The van der Waals surface area contributed by atoms with Crippen molar-refractivity contribution in [2.45, 2.75) is 31.6 Å². The second kappa shape index (κ2) is 6.04. The number of hydrogen-bond donors (Lipinski definition) is 1. The molecule has 0 fully saturated rings. The van der Waals surface area contributed by atoms with Crippen molar-refractivity contribution in [2.75, 3.05) is 4.72 Å². The monoisotopic (exact) mass is 330 g/mol. The van der Waals surface area contributed by atoms with E-state index in [9.17, 15) is 8.42 Å². The Labute approximate surface area is 135 Å².